The van der Waals surface area contributed by atoms with Crippen molar-refractivity contribution in [1.29, 1.82) is 0 Å². The molecule has 0 saturated heterocycles. The van der Waals surface area contributed by atoms with Crippen LogP contribution in [0.25, 0.3) is 22.3 Å². The molecule has 4 aliphatic rings. The molecule has 5 aromatic heterocycles. The number of halogens is 2. The Balaban J connectivity index is 0.000000144. The molecular formula is C51H54F2N12O8S2. The first-order chi connectivity index (χ1) is 35.9. The lowest BCUT2D eigenvalue weighted by Crippen LogP contribution is -2.51. The summed E-state index contributed by atoms with van der Waals surface area (Å²) in [5.41, 5.74) is 13.6. The summed E-state index contributed by atoms with van der Waals surface area (Å²) in [5.74, 6) is 0.306. The number of methoxy groups -OCH3 is 2. The van der Waals surface area contributed by atoms with Gasteiger partial charge in [0.15, 0.2) is 5.03 Å². The van der Waals surface area contributed by atoms with Crippen molar-refractivity contribution >= 4 is 49.2 Å². The molecular weight excluding hydrogens is 1010 g/mol. The predicted molar refractivity (Wildman–Crippen MR) is 272 cm³/mol. The van der Waals surface area contributed by atoms with Crippen LogP contribution in [0, 0.1) is 11.6 Å². The van der Waals surface area contributed by atoms with E-state index in [0.717, 1.165) is 83.9 Å². The van der Waals surface area contributed by atoms with Gasteiger partial charge >= 0.3 is 16.1 Å². The van der Waals surface area contributed by atoms with E-state index in [0.29, 0.717) is 58.2 Å². The van der Waals surface area contributed by atoms with Gasteiger partial charge in [-0.3, -0.25) is 9.36 Å². The highest BCUT2D eigenvalue weighted by Crippen LogP contribution is 2.41. The fraction of sp³-hybridized carbons (Fsp3) is 0.314. The highest BCUT2D eigenvalue weighted by Gasteiger charge is 2.31. The van der Waals surface area contributed by atoms with E-state index in [1.54, 1.807) is 65.4 Å². The zero-order valence-electron chi connectivity index (χ0n) is 41.4. The van der Waals surface area contributed by atoms with Crippen LogP contribution in [0.2, 0.25) is 0 Å². The van der Waals surface area contributed by atoms with Gasteiger partial charge in [0, 0.05) is 90.0 Å². The Kier molecular flexibility index (Phi) is 14.9. The zero-order valence-corrected chi connectivity index (χ0v) is 43.0. The lowest BCUT2D eigenvalue weighted by Gasteiger charge is -2.17. The van der Waals surface area contributed by atoms with Crippen LogP contribution >= 0.6 is 0 Å². The summed E-state index contributed by atoms with van der Waals surface area (Å²) in [6, 6.07) is 14.5. The Morgan fingerprint density at radius 2 is 1.25 bits per heavy atom. The van der Waals surface area contributed by atoms with Crippen LogP contribution in [-0.4, -0.2) is 86.7 Å². The number of anilines is 3. The molecule has 0 unspecified atom stereocenters. The number of pyridine rings is 3. The summed E-state index contributed by atoms with van der Waals surface area (Å²) >= 11 is 0. The SMILES string of the molecule is CN(C)c1cc[n+](C([O-])=NS(=O)(=O)c2ccn(C3CC3)n2)cc1.COc1cc(-c2cc(F)c3c(c2N)CCC3)ccn1.COc1cc(-c2cc(F)c3c(c2NC(=O)NS(=O)(=O)c2ccn(C4CC4)n2)CCC3)ccn1. The van der Waals surface area contributed by atoms with Crippen LogP contribution in [0.5, 0.6) is 11.8 Å². The van der Waals surface area contributed by atoms with Crippen LogP contribution in [-0.2, 0) is 45.7 Å². The Labute approximate surface area is 432 Å². The quantitative estimate of drug-likeness (QED) is 0.0556. The highest BCUT2D eigenvalue weighted by atomic mass is 32.2. The van der Waals surface area contributed by atoms with Crippen LogP contribution in [0.15, 0.2) is 112 Å². The van der Waals surface area contributed by atoms with Crippen molar-refractivity contribution in [3.05, 3.63) is 132 Å². The van der Waals surface area contributed by atoms with E-state index in [1.165, 1.54) is 50.0 Å². The molecule has 0 atom stereocenters. The maximum Gasteiger partial charge on any atom is 0.388 e. The maximum atomic E-state index is 14.8. The minimum Gasteiger partial charge on any atom is -0.806 e. The van der Waals surface area contributed by atoms with E-state index >= 15 is 0 Å². The molecule has 4 aliphatic carbocycles. The number of hydrogen-bond donors (Lipinski definition) is 3. The van der Waals surface area contributed by atoms with Crippen molar-refractivity contribution in [3.63, 3.8) is 0 Å². The van der Waals surface area contributed by atoms with Gasteiger partial charge in [0.25, 0.3) is 16.0 Å². The minimum absolute atomic E-state index is 0.160. The maximum absolute atomic E-state index is 14.8. The topological polar surface area (TPSA) is 258 Å². The third-order valence-electron chi connectivity index (χ3n) is 13.0. The first kappa shape index (κ1) is 51.9. The van der Waals surface area contributed by atoms with Gasteiger partial charge in [0.2, 0.25) is 16.8 Å². The highest BCUT2D eigenvalue weighted by molar-refractivity contribution is 7.90. The van der Waals surface area contributed by atoms with Gasteiger partial charge in [0.05, 0.1) is 44.4 Å². The number of nitrogens with zero attached hydrogens (tertiary/aromatic N) is 9. The molecule has 2 saturated carbocycles. The van der Waals surface area contributed by atoms with E-state index < -0.39 is 32.1 Å². The number of nitrogen functional groups attached to an aromatic ring is 1. The summed E-state index contributed by atoms with van der Waals surface area (Å²) < 4.78 is 98.5. The zero-order chi connectivity index (χ0) is 53.2. The van der Waals surface area contributed by atoms with E-state index in [2.05, 4.69) is 29.9 Å². The van der Waals surface area contributed by atoms with Crippen LogP contribution < -0.4 is 39.8 Å². The summed E-state index contributed by atoms with van der Waals surface area (Å²) in [4.78, 5) is 22.8. The number of nitrogens with two attached hydrogens (primary N) is 1. The van der Waals surface area contributed by atoms with Gasteiger partial charge in [-0.15, -0.1) is 0 Å². The van der Waals surface area contributed by atoms with Crippen molar-refractivity contribution in [1.82, 2.24) is 34.3 Å². The van der Waals surface area contributed by atoms with Crippen LogP contribution in [0.3, 0.4) is 0 Å². The molecule has 2 amide bonds. The molecule has 2 aromatic carbocycles. The molecule has 5 heterocycles. The average molecular weight is 1070 g/mol. The predicted octanol–water partition coefficient (Wildman–Crippen LogP) is 5.92. The summed E-state index contributed by atoms with van der Waals surface area (Å²) in [5, 5.41) is 22.3. The fourth-order valence-electron chi connectivity index (χ4n) is 8.84. The summed E-state index contributed by atoms with van der Waals surface area (Å²) in [6.45, 7) is 0. The number of urea groups is 1. The number of rotatable bonds is 12. The Morgan fingerprint density at radius 3 is 1.81 bits per heavy atom. The monoisotopic (exact) mass is 1060 g/mol. The lowest BCUT2D eigenvalue weighted by molar-refractivity contribution is -0.613. The van der Waals surface area contributed by atoms with Gasteiger partial charge in [-0.05, 0) is 134 Å². The summed E-state index contributed by atoms with van der Waals surface area (Å²) in [7, 11) is -1.52. The molecule has 392 valence electrons. The third kappa shape index (κ3) is 11.7. The first-order valence-corrected chi connectivity index (χ1v) is 26.9. The smallest absolute Gasteiger partial charge is 0.388 e. The molecule has 4 N–H and O–H groups in total. The number of fused-ring (bicyclic) bond motifs is 2. The molecule has 2 fully saturated rings. The number of benzene rings is 2. The molecule has 0 aliphatic heterocycles. The molecule has 20 nitrogen and oxygen atoms in total. The number of ether oxygens (including phenoxy) is 2. The normalized spacial score (nSPS) is 14.9. The van der Waals surface area contributed by atoms with E-state index in [1.807, 2.05) is 29.8 Å². The molecule has 24 heteroatoms. The number of aromatic nitrogens is 7. The molecule has 11 rings (SSSR count). The van der Waals surface area contributed by atoms with Crippen molar-refractivity contribution < 1.29 is 49.6 Å². The van der Waals surface area contributed by atoms with Crippen molar-refractivity contribution in [2.75, 3.05) is 44.3 Å². The van der Waals surface area contributed by atoms with Crippen LogP contribution in [0.1, 0.15) is 72.9 Å². The number of hydrogen-bond acceptors (Lipinski definition) is 14. The lowest BCUT2D eigenvalue weighted by atomic mass is 9.97. The number of nitrogens with one attached hydrogen (secondary N) is 2. The number of carbonyl (C=O) groups is 1. The van der Waals surface area contributed by atoms with E-state index in [9.17, 15) is 35.5 Å². The molecule has 0 bridgehead atoms. The van der Waals surface area contributed by atoms with Crippen molar-refractivity contribution in [2.24, 2.45) is 4.40 Å². The van der Waals surface area contributed by atoms with Gasteiger partial charge in [-0.2, -0.15) is 27.0 Å². The Morgan fingerprint density at radius 1 is 0.747 bits per heavy atom. The fourth-order valence-corrected chi connectivity index (χ4v) is 10.5. The minimum atomic E-state index is -4.17. The average Bonchev–Trinajstić information content (AvgIpc) is 4.09. The van der Waals surface area contributed by atoms with Gasteiger partial charge in [-0.1, -0.05) is 0 Å². The van der Waals surface area contributed by atoms with Gasteiger partial charge < -0.3 is 30.5 Å². The van der Waals surface area contributed by atoms with Gasteiger partial charge in [0.1, 0.15) is 11.6 Å². The van der Waals surface area contributed by atoms with E-state index in [-0.39, 0.29) is 33.8 Å². The second-order valence-corrected chi connectivity index (χ2v) is 21.6. The third-order valence-corrected chi connectivity index (χ3v) is 15.4. The van der Waals surface area contributed by atoms with Crippen molar-refractivity contribution in [2.45, 2.75) is 86.3 Å². The second kappa shape index (κ2) is 21.5. The molecule has 7 aromatic rings. The number of amides is 2. The van der Waals surface area contributed by atoms with Gasteiger partial charge in [-0.25, -0.2) is 32.8 Å². The van der Waals surface area contributed by atoms with Crippen molar-refractivity contribution in [3.8, 4) is 34.0 Å². The first-order valence-electron chi connectivity index (χ1n) is 24.0. The standard InChI is InChI=1S/C22H22FN5O4S.C15H15FN2O.C14H17N5O3S/c1-32-19-11-13(7-9-24-19)17-12-18(23)15-3-2-4-16(15)21(17)25-22(29)27-33(30,31)20-8-10-28(26-20)14-5-6-14;1-19-14-7-9(5-6-18-14)12-8-13(16)10-3-2-4-11(10)15(12)17;1-17(2)11-5-8-18(9-6-11)14(20)16-23(21,22)13-7-10-19(15-13)12-3-4-12/h7-12,14H,2-6H2,1H3,(H2,25,27,29);5-8H,2-4,17H2,1H3;5-10,12H,3-4H2,1-2H3. The van der Waals surface area contributed by atoms with Crippen LogP contribution in [0.4, 0.5) is 30.6 Å². The Bertz CT molecular complexity index is 3540. The molecule has 0 radical (unpaired) electrons. The second-order valence-electron chi connectivity index (χ2n) is 18.4. The van der Waals surface area contributed by atoms with E-state index in [4.69, 9.17) is 15.2 Å². The largest absolute Gasteiger partial charge is 0.806 e. The number of sulfonamides is 2. The molecule has 0 spiro atoms. The molecule has 75 heavy (non-hydrogen) atoms. The Hall–Kier alpha value is -7.99. The number of carbonyl (C=O) groups excluding carboxylic acids is 1. The summed E-state index contributed by atoms with van der Waals surface area (Å²) in [6.07, 6.45) is 17.6.